The molecule has 21 heavy (non-hydrogen) atoms. The maximum atomic E-state index is 6.20. The summed E-state index contributed by atoms with van der Waals surface area (Å²) in [5, 5.41) is 0. The van der Waals surface area contributed by atoms with E-state index in [0.29, 0.717) is 18.2 Å². The van der Waals surface area contributed by atoms with Crippen molar-refractivity contribution in [1.29, 1.82) is 0 Å². The Kier molecular flexibility index (Phi) is 3.64. The Morgan fingerprint density at radius 3 is 3.00 bits per heavy atom. The van der Waals surface area contributed by atoms with Crippen LogP contribution in [0.5, 0.6) is 5.88 Å². The molecular weight excluding hydrogens is 264 g/mol. The predicted molar refractivity (Wildman–Crippen MR) is 84.1 cm³/mol. The summed E-state index contributed by atoms with van der Waals surface area (Å²) >= 11 is 0. The quantitative estimate of drug-likeness (QED) is 0.939. The molecule has 0 atom stereocenters. The zero-order chi connectivity index (χ0) is 14.8. The van der Waals surface area contributed by atoms with Crippen molar-refractivity contribution in [2.45, 2.75) is 26.7 Å². The number of anilines is 3. The Morgan fingerprint density at radius 2 is 2.19 bits per heavy atom. The Hall–Kier alpha value is -2.30. The van der Waals surface area contributed by atoms with Crippen molar-refractivity contribution in [3.8, 4) is 5.88 Å². The predicted octanol–water partition coefficient (Wildman–Crippen LogP) is 2.85. The van der Waals surface area contributed by atoms with Gasteiger partial charge in [0.25, 0.3) is 0 Å². The van der Waals surface area contributed by atoms with Gasteiger partial charge in [-0.1, -0.05) is 17.7 Å². The van der Waals surface area contributed by atoms with E-state index < -0.39 is 0 Å². The highest BCUT2D eigenvalue weighted by molar-refractivity contribution is 5.76. The van der Waals surface area contributed by atoms with Gasteiger partial charge in [0.15, 0.2) is 5.82 Å². The molecule has 1 aromatic heterocycles. The third-order valence-corrected chi connectivity index (χ3v) is 3.72. The minimum Gasteiger partial charge on any atom is -0.476 e. The minimum atomic E-state index is 0.460. The van der Waals surface area contributed by atoms with Gasteiger partial charge in [-0.3, -0.25) is 0 Å². The van der Waals surface area contributed by atoms with Crippen molar-refractivity contribution in [3.63, 3.8) is 0 Å². The highest BCUT2D eigenvalue weighted by atomic mass is 16.5. The van der Waals surface area contributed by atoms with Gasteiger partial charge in [-0.25, -0.2) is 4.98 Å². The number of hydrogen-bond acceptors (Lipinski definition) is 5. The highest BCUT2D eigenvalue weighted by Crippen LogP contribution is 2.37. The first-order chi connectivity index (χ1) is 10.2. The summed E-state index contributed by atoms with van der Waals surface area (Å²) in [7, 11) is 0. The van der Waals surface area contributed by atoms with Gasteiger partial charge < -0.3 is 15.4 Å². The molecule has 2 heterocycles. The summed E-state index contributed by atoms with van der Waals surface area (Å²) in [6.45, 7) is 5.48. The van der Waals surface area contributed by atoms with Gasteiger partial charge in [-0.05, 0) is 38.3 Å². The first-order valence-corrected chi connectivity index (χ1v) is 7.31. The van der Waals surface area contributed by atoms with E-state index in [1.165, 1.54) is 23.1 Å². The largest absolute Gasteiger partial charge is 0.476 e. The lowest BCUT2D eigenvalue weighted by atomic mass is 9.99. The number of hydrogen-bond donors (Lipinski definition) is 1. The third-order valence-electron chi connectivity index (χ3n) is 3.72. The first kappa shape index (κ1) is 13.7. The van der Waals surface area contributed by atoms with Crippen molar-refractivity contribution < 1.29 is 4.74 Å². The van der Waals surface area contributed by atoms with Crippen molar-refractivity contribution in [2.24, 2.45) is 0 Å². The summed E-state index contributed by atoms with van der Waals surface area (Å²) in [4.78, 5) is 10.6. The van der Waals surface area contributed by atoms with Crippen LogP contribution in [0.4, 0.5) is 17.2 Å². The minimum absolute atomic E-state index is 0.460. The summed E-state index contributed by atoms with van der Waals surface area (Å²) in [6.07, 6.45) is 3.69. The lowest BCUT2D eigenvalue weighted by Crippen LogP contribution is -2.26. The standard InChI is InChI=1S/C16H20N4O/c1-3-21-16-14(17)15(18-10-19-16)20-8-4-5-12-9-11(2)6-7-13(12)20/h6-7,9-10H,3-5,8,17H2,1-2H3. The number of ether oxygens (including phenoxy) is 1. The van der Waals surface area contributed by atoms with Crippen molar-refractivity contribution in [3.05, 3.63) is 35.7 Å². The van der Waals surface area contributed by atoms with Gasteiger partial charge in [0.2, 0.25) is 5.88 Å². The molecular formula is C16H20N4O. The van der Waals surface area contributed by atoms with Crippen LogP contribution in [0.15, 0.2) is 24.5 Å². The lowest BCUT2D eigenvalue weighted by Gasteiger charge is -2.31. The molecule has 0 amide bonds. The molecule has 0 fully saturated rings. The number of aromatic nitrogens is 2. The van der Waals surface area contributed by atoms with E-state index in [1.807, 2.05) is 6.92 Å². The first-order valence-electron chi connectivity index (χ1n) is 7.31. The second kappa shape index (κ2) is 5.60. The zero-order valence-corrected chi connectivity index (χ0v) is 12.5. The van der Waals surface area contributed by atoms with Crippen LogP contribution >= 0.6 is 0 Å². The normalized spacial score (nSPS) is 13.9. The van der Waals surface area contributed by atoms with Crippen molar-refractivity contribution in [2.75, 3.05) is 23.8 Å². The summed E-state index contributed by atoms with van der Waals surface area (Å²) in [5.74, 6) is 1.19. The van der Waals surface area contributed by atoms with Gasteiger partial charge in [-0.2, -0.15) is 4.98 Å². The molecule has 5 nitrogen and oxygen atoms in total. The molecule has 1 aliphatic rings. The Balaban J connectivity index is 2.05. The Morgan fingerprint density at radius 1 is 1.33 bits per heavy atom. The van der Waals surface area contributed by atoms with Crippen LogP contribution in [-0.4, -0.2) is 23.1 Å². The molecule has 110 valence electrons. The fourth-order valence-corrected chi connectivity index (χ4v) is 2.78. The van der Waals surface area contributed by atoms with Crippen LogP contribution in [0.3, 0.4) is 0 Å². The average Bonchev–Trinajstić information content (AvgIpc) is 2.49. The Bertz CT molecular complexity index is 657. The van der Waals surface area contributed by atoms with Gasteiger partial charge >= 0.3 is 0 Å². The summed E-state index contributed by atoms with van der Waals surface area (Å²) in [6, 6.07) is 6.51. The van der Waals surface area contributed by atoms with Crippen molar-refractivity contribution in [1.82, 2.24) is 9.97 Å². The molecule has 2 aromatic rings. The number of nitrogen functional groups attached to an aromatic ring is 1. The van der Waals surface area contributed by atoms with Gasteiger partial charge in [-0.15, -0.1) is 0 Å². The van der Waals surface area contributed by atoms with Crippen LogP contribution in [0, 0.1) is 6.92 Å². The lowest BCUT2D eigenvalue weighted by molar-refractivity contribution is 0.328. The summed E-state index contributed by atoms with van der Waals surface area (Å²) in [5.41, 5.74) is 10.5. The van der Waals surface area contributed by atoms with E-state index >= 15 is 0 Å². The molecule has 0 bridgehead atoms. The van der Waals surface area contributed by atoms with E-state index in [0.717, 1.165) is 25.2 Å². The van der Waals surface area contributed by atoms with Crippen LogP contribution in [0.25, 0.3) is 0 Å². The van der Waals surface area contributed by atoms with Gasteiger partial charge in [0.05, 0.1) is 6.61 Å². The number of aryl methyl sites for hydroxylation is 2. The molecule has 0 saturated heterocycles. The zero-order valence-electron chi connectivity index (χ0n) is 12.5. The summed E-state index contributed by atoms with van der Waals surface area (Å²) < 4.78 is 5.47. The molecule has 0 aliphatic carbocycles. The molecule has 3 rings (SSSR count). The van der Waals surface area contributed by atoms with Crippen LogP contribution < -0.4 is 15.4 Å². The number of nitrogens with zero attached hydrogens (tertiary/aromatic N) is 3. The molecule has 1 aromatic carbocycles. The van der Waals surface area contributed by atoms with Crippen molar-refractivity contribution >= 4 is 17.2 Å². The maximum absolute atomic E-state index is 6.20. The second-order valence-electron chi connectivity index (χ2n) is 5.24. The third kappa shape index (κ3) is 2.51. The number of rotatable bonds is 3. The number of fused-ring (bicyclic) bond motifs is 1. The van der Waals surface area contributed by atoms with Crippen LogP contribution in [0.2, 0.25) is 0 Å². The fourth-order valence-electron chi connectivity index (χ4n) is 2.78. The van der Waals surface area contributed by atoms with E-state index in [1.54, 1.807) is 0 Å². The maximum Gasteiger partial charge on any atom is 0.242 e. The molecule has 1 aliphatic heterocycles. The fraction of sp³-hybridized carbons (Fsp3) is 0.375. The number of benzene rings is 1. The molecule has 0 unspecified atom stereocenters. The smallest absolute Gasteiger partial charge is 0.242 e. The van der Waals surface area contributed by atoms with Gasteiger partial charge in [0.1, 0.15) is 12.0 Å². The van der Waals surface area contributed by atoms with E-state index in [2.05, 4.69) is 40.0 Å². The Labute approximate surface area is 124 Å². The van der Waals surface area contributed by atoms with Gasteiger partial charge in [0, 0.05) is 12.2 Å². The second-order valence-corrected chi connectivity index (χ2v) is 5.24. The van der Waals surface area contributed by atoms with Crippen LogP contribution in [-0.2, 0) is 6.42 Å². The molecule has 0 spiro atoms. The van der Waals surface area contributed by atoms with E-state index in [9.17, 15) is 0 Å². The molecule has 2 N–H and O–H groups in total. The monoisotopic (exact) mass is 284 g/mol. The average molecular weight is 284 g/mol. The SMILES string of the molecule is CCOc1ncnc(N2CCCc3cc(C)ccc32)c1N. The topological polar surface area (TPSA) is 64.3 Å². The number of nitrogens with two attached hydrogens (primary N) is 1. The van der Waals surface area contributed by atoms with E-state index in [4.69, 9.17) is 10.5 Å². The van der Waals surface area contributed by atoms with E-state index in [-0.39, 0.29) is 0 Å². The molecule has 0 saturated carbocycles. The molecule has 5 heteroatoms. The van der Waals surface area contributed by atoms with Crippen LogP contribution in [0.1, 0.15) is 24.5 Å². The molecule has 0 radical (unpaired) electrons. The highest BCUT2D eigenvalue weighted by Gasteiger charge is 2.22.